The first-order valence-electron chi connectivity index (χ1n) is 8.23. The topological polar surface area (TPSA) is 77.8 Å². The number of rotatable bonds is 6. The Morgan fingerprint density at radius 3 is 2.76 bits per heavy atom. The maximum Gasteiger partial charge on any atom is 0.225 e. The highest BCUT2D eigenvalue weighted by atomic mass is 35.5. The Balaban J connectivity index is 2.02. The van der Waals surface area contributed by atoms with Crippen LogP contribution in [0.25, 0.3) is 11.0 Å². The fourth-order valence-corrected chi connectivity index (χ4v) is 2.42. The second kappa shape index (κ2) is 7.23. The Labute approximate surface area is 151 Å². The van der Waals surface area contributed by atoms with E-state index < -0.39 is 0 Å². The zero-order valence-corrected chi connectivity index (χ0v) is 15.5. The van der Waals surface area contributed by atoms with Crippen LogP contribution in [0.15, 0.2) is 18.3 Å². The van der Waals surface area contributed by atoms with E-state index in [9.17, 15) is 0 Å². The van der Waals surface area contributed by atoms with Gasteiger partial charge in [-0.25, -0.2) is 9.97 Å². The van der Waals surface area contributed by atoms with Crippen molar-refractivity contribution >= 4 is 34.3 Å². The quantitative estimate of drug-likeness (QED) is 0.675. The fourth-order valence-electron chi connectivity index (χ4n) is 2.25. The molecule has 3 aromatic heterocycles. The number of nitrogens with one attached hydrogen (secondary N) is 1. The van der Waals surface area contributed by atoms with E-state index in [1.54, 1.807) is 6.20 Å². The molecule has 132 valence electrons. The van der Waals surface area contributed by atoms with Crippen molar-refractivity contribution in [2.24, 2.45) is 5.92 Å². The second-order valence-corrected chi connectivity index (χ2v) is 6.49. The number of halogens is 1. The Morgan fingerprint density at radius 2 is 2.08 bits per heavy atom. The Bertz CT molecular complexity index is 877. The Kier molecular flexibility index (Phi) is 5.03. The summed E-state index contributed by atoms with van der Waals surface area (Å²) in [4.78, 5) is 20.3. The number of nitrogens with zero attached hydrogens (tertiary/aromatic N) is 5. The summed E-state index contributed by atoms with van der Waals surface area (Å²) in [6.45, 7) is 8.65. The standard InChI is InChI=1S/C17H21ClN6O/c1-5-10(2)9-25-24-15-14(12(4)23-24)21-17(18)22-16(15)20-13-7-6-11(3)8-19-13/h6-8,10H,5,9H2,1-4H3,(H,19,20,21,22). The van der Waals surface area contributed by atoms with Gasteiger partial charge >= 0.3 is 0 Å². The van der Waals surface area contributed by atoms with Gasteiger partial charge in [0.1, 0.15) is 17.9 Å². The summed E-state index contributed by atoms with van der Waals surface area (Å²) >= 11 is 6.09. The van der Waals surface area contributed by atoms with E-state index in [1.165, 1.54) is 4.85 Å². The molecule has 7 nitrogen and oxygen atoms in total. The molecule has 0 bridgehead atoms. The number of fused-ring (bicyclic) bond motifs is 1. The number of pyridine rings is 1. The van der Waals surface area contributed by atoms with Gasteiger partial charge in [0.2, 0.25) is 5.28 Å². The molecule has 0 fully saturated rings. The molecule has 1 atom stereocenters. The lowest BCUT2D eigenvalue weighted by atomic mass is 10.1. The molecular weight excluding hydrogens is 340 g/mol. The predicted molar refractivity (Wildman–Crippen MR) is 98.2 cm³/mol. The highest BCUT2D eigenvalue weighted by Crippen LogP contribution is 2.26. The van der Waals surface area contributed by atoms with Crippen molar-refractivity contribution in [3.8, 4) is 0 Å². The zero-order valence-electron chi connectivity index (χ0n) is 14.7. The van der Waals surface area contributed by atoms with Crippen LogP contribution in [0.2, 0.25) is 5.28 Å². The smallest absolute Gasteiger partial charge is 0.225 e. The van der Waals surface area contributed by atoms with Gasteiger partial charge in [-0.3, -0.25) is 0 Å². The van der Waals surface area contributed by atoms with Crippen LogP contribution in [-0.2, 0) is 0 Å². The van der Waals surface area contributed by atoms with E-state index in [1.807, 2.05) is 26.0 Å². The summed E-state index contributed by atoms with van der Waals surface area (Å²) < 4.78 is 0. The molecule has 1 N–H and O–H groups in total. The molecule has 0 aromatic carbocycles. The highest BCUT2D eigenvalue weighted by molar-refractivity contribution is 6.28. The van der Waals surface area contributed by atoms with Crippen LogP contribution in [-0.4, -0.2) is 31.5 Å². The molecule has 25 heavy (non-hydrogen) atoms. The summed E-state index contributed by atoms with van der Waals surface area (Å²) in [5.41, 5.74) is 3.10. The first-order valence-corrected chi connectivity index (χ1v) is 8.61. The minimum absolute atomic E-state index is 0.145. The number of anilines is 2. The molecule has 0 aliphatic carbocycles. The first-order chi connectivity index (χ1) is 12.0. The molecule has 1 unspecified atom stereocenters. The summed E-state index contributed by atoms with van der Waals surface area (Å²) in [6.07, 6.45) is 2.81. The first kappa shape index (κ1) is 17.4. The predicted octanol–water partition coefficient (Wildman–Crippen LogP) is 3.71. The van der Waals surface area contributed by atoms with Crippen molar-refractivity contribution in [3.05, 3.63) is 34.9 Å². The van der Waals surface area contributed by atoms with E-state index in [0.29, 0.717) is 35.2 Å². The van der Waals surface area contributed by atoms with E-state index >= 15 is 0 Å². The van der Waals surface area contributed by atoms with Crippen LogP contribution < -0.4 is 10.2 Å². The summed E-state index contributed by atoms with van der Waals surface area (Å²) in [5, 5.41) is 7.75. The Morgan fingerprint density at radius 1 is 1.28 bits per heavy atom. The van der Waals surface area contributed by atoms with Crippen LogP contribution in [0, 0.1) is 19.8 Å². The molecule has 0 amide bonds. The normalized spacial score (nSPS) is 12.4. The Hall–Kier alpha value is -2.41. The lowest BCUT2D eigenvalue weighted by Gasteiger charge is -2.12. The molecule has 0 spiro atoms. The largest absolute Gasteiger partial charge is 0.396 e. The molecule has 3 aromatic rings. The van der Waals surface area contributed by atoms with Crippen LogP contribution in [0.3, 0.4) is 0 Å². The van der Waals surface area contributed by atoms with E-state index in [0.717, 1.165) is 17.7 Å². The van der Waals surface area contributed by atoms with Crippen molar-refractivity contribution in [1.82, 2.24) is 24.9 Å². The van der Waals surface area contributed by atoms with Crippen molar-refractivity contribution in [1.29, 1.82) is 0 Å². The van der Waals surface area contributed by atoms with Gasteiger partial charge in [0.05, 0.1) is 5.69 Å². The summed E-state index contributed by atoms with van der Waals surface area (Å²) in [5.74, 6) is 1.59. The maximum absolute atomic E-state index is 6.09. The van der Waals surface area contributed by atoms with Crippen LogP contribution >= 0.6 is 11.6 Å². The molecule has 0 saturated carbocycles. The van der Waals surface area contributed by atoms with Gasteiger partial charge in [-0.15, -0.1) is 5.10 Å². The molecule has 0 aliphatic rings. The minimum atomic E-state index is 0.145. The third-order valence-corrected chi connectivity index (χ3v) is 4.14. The monoisotopic (exact) mass is 360 g/mol. The van der Waals surface area contributed by atoms with Crippen molar-refractivity contribution in [2.75, 3.05) is 11.9 Å². The molecule has 0 radical (unpaired) electrons. The highest BCUT2D eigenvalue weighted by Gasteiger charge is 2.18. The minimum Gasteiger partial charge on any atom is -0.396 e. The lowest BCUT2D eigenvalue weighted by Crippen LogP contribution is -2.19. The van der Waals surface area contributed by atoms with Gasteiger partial charge in [-0.05, 0) is 43.0 Å². The van der Waals surface area contributed by atoms with E-state index in [4.69, 9.17) is 16.4 Å². The maximum atomic E-state index is 6.09. The van der Waals surface area contributed by atoms with Crippen molar-refractivity contribution in [3.63, 3.8) is 0 Å². The molecule has 0 aliphatic heterocycles. The van der Waals surface area contributed by atoms with Crippen molar-refractivity contribution in [2.45, 2.75) is 34.1 Å². The van der Waals surface area contributed by atoms with Gasteiger partial charge < -0.3 is 10.2 Å². The van der Waals surface area contributed by atoms with Crippen LogP contribution in [0.5, 0.6) is 0 Å². The number of hydrogen-bond donors (Lipinski definition) is 1. The van der Waals surface area contributed by atoms with Gasteiger partial charge in [-0.2, -0.15) is 4.98 Å². The third kappa shape index (κ3) is 3.82. The van der Waals surface area contributed by atoms with E-state index in [2.05, 4.69) is 39.2 Å². The molecule has 3 rings (SSSR count). The van der Waals surface area contributed by atoms with Gasteiger partial charge in [-0.1, -0.05) is 31.2 Å². The van der Waals surface area contributed by atoms with Crippen LogP contribution in [0.4, 0.5) is 11.6 Å². The van der Waals surface area contributed by atoms with Crippen LogP contribution in [0.1, 0.15) is 31.5 Å². The average molecular weight is 361 g/mol. The SMILES string of the molecule is CCC(C)COn1nc(C)c2nc(Cl)nc(Nc3ccc(C)cn3)c21. The fraction of sp³-hybridized carbons (Fsp3) is 0.412. The van der Waals surface area contributed by atoms with Gasteiger partial charge in [0, 0.05) is 6.20 Å². The molecule has 0 saturated heterocycles. The summed E-state index contributed by atoms with van der Waals surface area (Å²) in [6, 6.07) is 3.85. The molecular formula is C17H21ClN6O. The van der Waals surface area contributed by atoms with Crippen molar-refractivity contribution < 1.29 is 4.84 Å². The second-order valence-electron chi connectivity index (χ2n) is 6.15. The average Bonchev–Trinajstić information content (AvgIpc) is 2.91. The molecule has 3 heterocycles. The lowest BCUT2D eigenvalue weighted by molar-refractivity contribution is 0.0672. The number of aryl methyl sites for hydroxylation is 2. The zero-order chi connectivity index (χ0) is 18.0. The summed E-state index contributed by atoms with van der Waals surface area (Å²) in [7, 11) is 0. The number of aromatic nitrogens is 5. The number of hydrogen-bond acceptors (Lipinski definition) is 6. The van der Waals surface area contributed by atoms with Gasteiger partial charge in [0.15, 0.2) is 11.3 Å². The van der Waals surface area contributed by atoms with E-state index in [-0.39, 0.29) is 5.28 Å². The molecule has 8 heteroatoms. The van der Waals surface area contributed by atoms with Gasteiger partial charge in [0.25, 0.3) is 0 Å². The third-order valence-electron chi connectivity index (χ3n) is 3.97.